The fourth-order valence-corrected chi connectivity index (χ4v) is 4.66. The molecule has 1 atom stereocenters. The number of halogens is 3. The highest BCUT2D eigenvalue weighted by Gasteiger charge is 2.36. The lowest BCUT2D eigenvalue weighted by Crippen LogP contribution is -2.31. The van der Waals surface area contributed by atoms with Crippen LogP contribution in [0, 0.1) is 0 Å². The maximum Gasteiger partial charge on any atom is 0.433 e. The lowest BCUT2D eigenvalue weighted by Gasteiger charge is -2.26. The van der Waals surface area contributed by atoms with E-state index in [1.807, 2.05) is 24.3 Å². The molecule has 9 heteroatoms. The summed E-state index contributed by atoms with van der Waals surface area (Å²) in [6.45, 7) is 0. The highest BCUT2D eigenvalue weighted by atomic mass is 32.1. The first-order chi connectivity index (χ1) is 14.9. The fourth-order valence-electron chi connectivity index (χ4n) is 3.97. The average molecular weight is 442 g/mol. The predicted molar refractivity (Wildman–Crippen MR) is 111 cm³/mol. The van der Waals surface area contributed by atoms with Crippen molar-refractivity contribution >= 4 is 22.9 Å². The summed E-state index contributed by atoms with van der Waals surface area (Å²) < 4.78 is 41.8. The zero-order valence-corrected chi connectivity index (χ0v) is 17.0. The summed E-state index contributed by atoms with van der Waals surface area (Å²) in [5.41, 5.74) is 1.33. The molecule has 0 fully saturated rings. The van der Waals surface area contributed by atoms with E-state index in [-0.39, 0.29) is 23.1 Å². The number of aromatic nitrogens is 3. The summed E-state index contributed by atoms with van der Waals surface area (Å²) >= 11 is 1.29. The summed E-state index contributed by atoms with van der Waals surface area (Å²) in [4.78, 5) is 17.8. The molecule has 1 aromatic carbocycles. The molecule has 31 heavy (non-hydrogen) atoms. The van der Waals surface area contributed by atoms with Crippen LogP contribution in [0.5, 0.6) is 0 Å². The second-order valence-corrected chi connectivity index (χ2v) is 8.37. The molecule has 0 spiro atoms. The van der Waals surface area contributed by atoms with Gasteiger partial charge in [-0.25, -0.2) is 9.50 Å². The van der Waals surface area contributed by atoms with Gasteiger partial charge in [-0.2, -0.15) is 18.3 Å². The molecular formula is C22H17F3N4OS. The molecule has 5 nitrogen and oxygen atoms in total. The zero-order chi connectivity index (χ0) is 21.6. The van der Waals surface area contributed by atoms with Crippen molar-refractivity contribution in [2.24, 2.45) is 0 Å². The summed E-state index contributed by atoms with van der Waals surface area (Å²) in [5.74, 6) is -0.516. The number of alkyl halides is 3. The maximum atomic E-state index is 13.7. The van der Waals surface area contributed by atoms with Crippen LogP contribution in [0.2, 0.25) is 0 Å². The topological polar surface area (TPSA) is 59.3 Å². The number of nitrogens with zero attached hydrogens (tertiary/aromatic N) is 3. The van der Waals surface area contributed by atoms with Gasteiger partial charge in [-0.1, -0.05) is 30.3 Å². The van der Waals surface area contributed by atoms with Crippen molar-refractivity contribution in [2.45, 2.75) is 31.5 Å². The molecule has 158 valence electrons. The van der Waals surface area contributed by atoms with Crippen molar-refractivity contribution in [2.75, 3.05) is 0 Å². The number of aryl methyl sites for hydroxylation is 1. The minimum atomic E-state index is -4.64. The van der Waals surface area contributed by atoms with E-state index < -0.39 is 17.8 Å². The van der Waals surface area contributed by atoms with Crippen LogP contribution in [0.3, 0.4) is 0 Å². The number of benzene rings is 1. The number of amides is 1. The summed E-state index contributed by atoms with van der Waals surface area (Å²) in [7, 11) is 0. The highest BCUT2D eigenvalue weighted by Crippen LogP contribution is 2.34. The predicted octanol–water partition coefficient (Wildman–Crippen LogP) is 5.28. The normalized spacial score (nSPS) is 16.3. The number of hydrogen-bond acceptors (Lipinski definition) is 4. The molecule has 0 aliphatic heterocycles. The molecule has 0 radical (unpaired) electrons. The monoisotopic (exact) mass is 442 g/mol. The fraction of sp³-hybridized carbons (Fsp3) is 0.227. The second-order valence-electron chi connectivity index (χ2n) is 7.42. The van der Waals surface area contributed by atoms with E-state index in [9.17, 15) is 18.0 Å². The molecule has 1 aliphatic rings. The molecule has 1 amide bonds. The van der Waals surface area contributed by atoms with Crippen LogP contribution in [0.4, 0.5) is 13.2 Å². The second kappa shape index (κ2) is 7.49. The molecule has 1 N–H and O–H groups in total. The van der Waals surface area contributed by atoms with Gasteiger partial charge in [0, 0.05) is 6.07 Å². The van der Waals surface area contributed by atoms with Gasteiger partial charge in [-0.15, -0.1) is 11.3 Å². The molecule has 3 aromatic heterocycles. The van der Waals surface area contributed by atoms with E-state index >= 15 is 0 Å². The van der Waals surface area contributed by atoms with E-state index in [0.29, 0.717) is 9.39 Å². The number of carbonyl (C=O) groups is 1. The van der Waals surface area contributed by atoms with E-state index in [4.69, 9.17) is 0 Å². The van der Waals surface area contributed by atoms with Crippen molar-refractivity contribution in [3.8, 4) is 10.6 Å². The Morgan fingerprint density at radius 3 is 2.77 bits per heavy atom. The number of hydrogen-bond donors (Lipinski definition) is 1. The van der Waals surface area contributed by atoms with Crippen LogP contribution in [-0.4, -0.2) is 20.5 Å². The first-order valence-corrected chi connectivity index (χ1v) is 10.7. The van der Waals surface area contributed by atoms with E-state index in [1.54, 1.807) is 17.5 Å². The Hall–Kier alpha value is -3.20. The summed E-state index contributed by atoms with van der Waals surface area (Å²) in [6, 6.07) is 13.4. The van der Waals surface area contributed by atoms with Crippen molar-refractivity contribution in [1.82, 2.24) is 19.9 Å². The van der Waals surface area contributed by atoms with Gasteiger partial charge >= 0.3 is 6.18 Å². The minimum Gasteiger partial charge on any atom is -0.344 e. The first kappa shape index (κ1) is 19.7. The van der Waals surface area contributed by atoms with Crippen molar-refractivity contribution in [3.63, 3.8) is 0 Å². The Bertz CT molecular complexity index is 1260. The van der Waals surface area contributed by atoms with Crippen LogP contribution in [0.25, 0.3) is 16.2 Å². The van der Waals surface area contributed by atoms with Gasteiger partial charge in [-0.05, 0) is 47.9 Å². The van der Waals surface area contributed by atoms with Crippen LogP contribution in [0.1, 0.15) is 46.2 Å². The number of rotatable bonds is 3. The zero-order valence-electron chi connectivity index (χ0n) is 16.2. The molecule has 3 heterocycles. The minimum absolute atomic E-state index is 0.0209. The number of thiophene rings is 1. The van der Waals surface area contributed by atoms with Crippen LogP contribution in [-0.2, 0) is 12.6 Å². The number of fused-ring (bicyclic) bond motifs is 2. The molecule has 0 saturated carbocycles. The quantitative estimate of drug-likeness (QED) is 0.469. The Kier molecular flexibility index (Phi) is 4.77. The van der Waals surface area contributed by atoms with Crippen molar-refractivity contribution in [3.05, 3.63) is 76.4 Å². The van der Waals surface area contributed by atoms with Crippen molar-refractivity contribution < 1.29 is 18.0 Å². The standard InChI is InChI=1S/C22H17F3N4OS/c23-22(24,25)19-11-16(18-9-4-10-31-18)26-20-12-17(28-29(19)20)21(30)27-15-8-3-6-13-5-1-2-7-14(13)15/h1-2,4-5,7,9-12,15H,3,6,8H2,(H,27,30). The molecule has 1 aliphatic carbocycles. The maximum absolute atomic E-state index is 13.7. The van der Waals surface area contributed by atoms with E-state index in [2.05, 4.69) is 15.4 Å². The van der Waals surface area contributed by atoms with Gasteiger partial charge in [0.15, 0.2) is 17.0 Å². The third-order valence-corrected chi connectivity index (χ3v) is 6.29. The smallest absolute Gasteiger partial charge is 0.344 e. The van der Waals surface area contributed by atoms with E-state index in [1.165, 1.54) is 23.0 Å². The first-order valence-electron chi connectivity index (χ1n) is 9.81. The van der Waals surface area contributed by atoms with Gasteiger partial charge in [0.25, 0.3) is 5.91 Å². The van der Waals surface area contributed by atoms with Crippen LogP contribution >= 0.6 is 11.3 Å². The molecule has 1 unspecified atom stereocenters. The van der Waals surface area contributed by atoms with Gasteiger partial charge in [0.1, 0.15) is 0 Å². The SMILES string of the molecule is O=C(NC1CCCc2ccccc21)c1cc2nc(-c3cccs3)cc(C(F)(F)F)n2n1. The van der Waals surface area contributed by atoms with Crippen LogP contribution < -0.4 is 5.32 Å². The average Bonchev–Trinajstić information content (AvgIpc) is 3.42. The molecule has 0 saturated heterocycles. The van der Waals surface area contributed by atoms with Crippen LogP contribution in [0.15, 0.2) is 53.9 Å². The van der Waals surface area contributed by atoms with Gasteiger partial charge in [-0.3, -0.25) is 4.79 Å². The molecule has 0 bridgehead atoms. The molecule has 5 rings (SSSR count). The van der Waals surface area contributed by atoms with Gasteiger partial charge in [0.2, 0.25) is 0 Å². The Morgan fingerprint density at radius 1 is 1.16 bits per heavy atom. The van der Waals surface area contributed by atoms with Gasteiger partial charge in [0.05, 0.1) is 16.6 Å². The lowest BCUT2D eigenvalue weighted by molar-refractivity contribution is -0.142. The Balaban J connectivity index is 1.52. The summed E-state index contributed by atoms with van der Waals surface area (Å²) in [6.07, 6.45) is -2.00. The summed E-state index contributed by atoms with van der Waals surface area (Å²) in [5, 5.41) is 8.65. The van der Waals surface area contributed by atoms with Gasteiger partial charge < -0.3 is 5.32 Å². The number of nitrogens with one attached hydrogen (secondary N) is 1. The van der Waals surface area contributed by atoms with E-state index in [0.717, 1.165) is 30.9 Å². The Morgan fingerprint density at radius 2 is 2.00 bits per heavy atom. The largest absolute Gasteiger partial charge is 0.433 e. The molecule has 4 aromatic rings. The number of carbonyl (C=O) groups excluding carboxylic acids is 1. The third-order valence-electron chi connectivity index (χ3n) is 5.40. The van der Waals surface area contributed by atoms with Crippen molar-refractivity contribution in [1.29, 1.82) is 0 Å². The lowest BCUT2D eigenvalue weighted by atomic mass is 9.88. The highest BCUT2D eigenvalue weighted by molar-refractivity contribution is 7.13. The third kappa shape index (κ3) is 3.69. The Labute approximate surface area is 179 Å². The molecular weight excluding hydrogens is 425 g/mol.